The Labute approximate surface area is 115 Å². The quantitative estimate of drug-likeness (QED) is 0.727. The van der Waals surface area contributed by atoms with E-state index in [0.717, 1.165) is 37.9 Å². The maximum atomic E-state index is 5.56. The second-order valence-electron chi connectivity index (χ2n) is 5.43. The lowest BCUT2D eigenvalue weighted by Gasteiger charge is -2.28. The predicted molar refractivity (Wildman–Crippen MR) is 75.8 cm³/mol. The minimum atomic E-state index is 0.620. The SMILES string of the molecule is COCCN(Cc1cn(CCN)cn1)C(C)C1CC1. The third-order valence-electron chi connectivity index (χ3n) is 3.90. The Morgan fingerprint density at radius 1 is 1.58 bits per heavy atom. The summed E-state index contributed by atoms with van der Waals surface area (Å²) < 4.78 is 7.28. The van der Waals surface area contributed by atoms with Crippen molar-refractivity contribution >= 4 is 0 Å². The number of aromatic nitrogens is 2. The van der Waals surface area contributed by atoms with Gasteiger partial charge in [-0.15, -0.1) is 0 Å². The molecule has 1 aromatic heterocycles. The van der Waals surface area contributed by atoms with Gasteiger partial charge in [-0.3, -0.25) is 4.90 Å². The Hall–Kier alpha value is -0.910. The molecule has 0 saturated heterocycles. The van der Waals surface area contributed by atoms with Crippen LogP contribution in [0.25, 0.3) is 0 Å². The molecule has 0 spiro atoms. The summed E-state index contributed by atoms with van der Waals surface area (Å²) in [5.41, 5.74) is 6.68. The van der Waals surface area contributed by atoms with E-state index in [9.17, 15) is 0 Å². The lowest BCUT2D eigenvalue weighted by molar-refractivity contribution is 0.111. The summed E-state index contributed by atoms with van der Waals surface area (Å²) in [4.78, 5) is 6.95. The summed E-state index contributed by atoms with van der Waals surface area (Å²) in [5.74, 6) is 0.864. The average Bonchev–Trinajstić information content (AvgIpc) is 3.16. The minimum Gasteiger partial charge on any atom is -0.383 e. The van der Waals surface area contributed by atoms with Gasteiger partial charge < -0.3 is 15.0 Å². The van der Waals surface area contributed by atoms with Crippen molar-refractivity contribution in [1.82, 2.24) is 14.5 Å². The van der Waals surface area contributed by atoms with E-state index >= 15 is 0 Å². The number of nitrogens with two attached hydrogens (primary N) is 1. The van der Waals surface area contributed by atoms with E-state index in [2.05, 4.69) is 27.6 Å². The largest absolute Gasteiger partial charge is 0.383 e. The zero-order chi connectivity index (χ0) is 13.7. The zero-order valence-corrected chi connectivity index (χ0v) is 12.1. The van der Waals surface area contributed by atoms with Crippen LogP contribution in [0.4, 0.5) is 0 Å². The maximum Gasteiger partial charge on any atom is 0.0950 e. The van der Waals surface area contributed by atoms with E-state index < -0.39 is 0 Å². The Bertz CT molecular complexity index is 375. The monoisotopic (exact) mass is 266 g/mol. The van der Waals surface area contributed by atoms with Gasteiger partial charge in [-0.25, -0.2) is 4.98 Å². The van der Waals surface area contributed by atoms with Gasteiger partial charge in [0.2, 0.25) is 0 Å². The topological polar surface area (TPSA) is 56.3 Å². The Morgan fingerprint density at radius 3 is 3.00 bits per heavy atom. The zero-order valence-electron chi connectivity index (χ0n) is 12.1. The van der Waals surface area contributed by atoms with Gasteiger partial charge in [0.05, 0.1) is 18.6 Å². The molecule has 0 aliphatic heterocycles. The minimum absolute atomic E-state index is 0.620. The van der Waals surface area contributed by atoms with Crippen LogP contribution in [0.5, 0.6) is 0 Å². The normalized spacial score (nSPS) is 17.1. The molecule has 2 rings (SSSR count). The van der Waals surface area contributed by atoms with Crippen molar-refractivity contribution in [2.75, 3.05) is 26.8 Å². The third kappa shape index (κ3) is 4.30. The molecule has 1 aliphatic carbocycles. The summed E-state index contributed by atoms with van der Waals surface area (Å²) in [6.45, 7) is 6.46. The van der Waals surface area contributed by atoms with Crippen LogP contribution in [0.15, 0.2) is 12.5 Å². The molecule has 1 fully saturated rings. The highest BCUT2D eigenvalue weighted by Gasteiger charge is 2.31. The Kier molecular flexibility index (Phi) is 5.36. The van der Waals surface area contributed by atoms with Crippen LogP contribution in [-0.2, 0) is 17.8 Å². The van der Waals surface area contributed by atoms with E-state index in [1.807, 2.05) is 6.33 Å². The molecular formula is C14H26N4O. The summed E-state index contributed by atoms with van der Waals surface area (Å²) in [5, 5.41) is 0. The van der Waals surface area contributed by atoms with Crippen molar-refractivity contribution in [1.29, 1.82) is 0 Å². The van der Waals surface area contributed by atoms with Gasteiger partial charge in [0.25, 0.3) is 0 Å². The summed E-state index contributed by atoms with van der Waals surface area (Å²) >= 11 is 0. The number of hydrogen-bond donors (Lipinski definition) is 1. The molecule has 0 radical (unpaired) electrons. The predicted octanol–water partition coefficient (Wildman–Crippen LogP) is 1.09. The number of ether oxygens (including phenoxy) is 1. The highest BCUT2D eigenvalue weighted by molar-refractivity contribution is 4.98. The fourth-order valence-electron chi connectivity index (χ4n) is 2.48. The molecule has 1 aromatic rings. The van der Waals surface area contributed by atoms with Gasteiger partial charge in [0.15, 0.2) is 0 Å². The standard InChI is InChI=1S/C14H26N4O/c1-12(13-3-4-13)18(7-8-19-2)10-14-9-17(6-5-15)11-16-14/h9,11-13H,3-8,10,15H2,1-2H3. The molecule has 1 heterocycles. The van der Waals surface area contributed by atoms with E-state index in [-0.39, 0.29) is 0 Å². The maximum absolute atomic E-state index is 5.56. The molecule has 2 N–H and O–H groups in total. The second-order valence-corrected chi connectivity index (χ2v) is 5.43. The fourth-order valence-corrected chi connectivity index (χ4v) is 2.48. The van der Waals surface area contributed by atoms with Gasteiger partial charge in [-0.2, -0.15) is 0 Å². The molecule has 0 bridgehead atoms. The van der Waals surface area contributed by atoms with Crippen LogP contribution in [0.2, 0.25) is 0 Å². The summed E-state index contributed by atoms with van der Waals surface area (Å²) in [6.07, 6.45) is 6.71. The highest BCUT2D eigenvalue weighted by atomic mass is 16.5. The molecule has 1 atom stereocenters. The number of hydrogen-bond acceptors (Lipinski definition) is 4. The van der Waals surface area contributed by atoms with Crippen LogP contribution >= 0.6 is 0 Å². The lowest BCUT2D eigenvalue weighted by Crippen LogP contribution is -2.36. The van der Waals surface area contributed by atoms with Crippen molar-refractivity contribution in [3.05, 3.63) is 18.2 Å². The number of rotatable bonds is 9. The van der Waals surface area contributed by atoms with Gasteiger partial charge in [-0.1, -0.05) is 0 Å². The molecular weight excluding hydrogens is 240 g/mol. The molecule has 108 valence electrons. The van der Waals surface area contributed by atoms with Crippen molar-refractivity contribution in [3.8, 4) is 0 Å². The van der Waals surface area contributed by atoms with Gasteiger partial charge in [0, 0.05) is 45.5 Å². The smallest absolute Gasteiger partial charge is 0.0950 e. The van der Waals surface area contributed by atoms with Crippen LogP contribution in [-0.4, -0.2) is 47.3 Å². The van der Waals surface area contributed by atoms with E-state index in [0.29, 0.717) is 12.6 Å². The van der Waals surface area contributed by atoms with Crippen LogP contribution in [0.3, 0.4) is 0 Å². The first-order valence-corrected chi connectivity index (χ1v) is 7.18. The van der Waals surface area contributed by atoms with Crippen molar-refractivity contribution < 1.29 is 4.74 Å². The molecule has 5 heteroatoms. The first-order chi connectivity index (χ1) is 9.24. The average molecular weight is 266 g/mol. The van der Waals surface area contributed by atoms with E-state index in [4.69, 9.17) is 10.5 Å². The van der Waals surface area contributed by atoms with Crippen molar-refractivity contribution in [2.24, 2.45) is 11.7 Å². The van der Waals surface area contributed by atoms with Gasteiger partial charge in [0.1, 0.15) is 0 Å². The van der Waals surface area contributed by atoms with E-state index in [1.165, 1.54) is 12.8 Å². The lowest BCUT2D eigenvalue weighted by atomic mass is 10.1. The summed E-state index contributed by atoms with van der Waals surface area (Å²) in [6, 6.07) is 0.620. The van der Waals surface area contributed by atoms with Gasteiger partial charge >= 0.3 is 0 Å². The first-order valence-electron chi connectivity index (χ1n) is 7.18. The Balaban J connectivity index is 1.92. The van der Waals surface area contributed by atoms with Crippen molar-refractivity contribution in [2.45, 2.75) is 38.9 Å². The first kappa shape index (κ1) is 14.5. The van der Waals surface area contributed by atoms with Crippen LogP contribution < -0.4 is 5.73 Å². The Morgan fingerprint density at radius 2 is 2.37 bits per heavy atom. The number of methoxy groups -OCH3 is 1. The second kappa shape index (κ2) is 7.03. The fraction of sp³-hybridized carbons (Fsp3) is 0.786. The molecule has 1 aliphatic rings. The van der Waals surface area contributed by atoms with E-state index in [1.54, 1.807) is 7.11 Å². The number of nitrogens with zero attached hydrogens (tertiary/aromatic N) is 3. The molecule has 19 heavy (non-hydrogen) atoms. The summed E-state index contributed by atoms with van der Waals surface area (Å²) in [7, 11) is 1.76. The van der Waals surface area contributed by atoms with Gasteiger partial charge in [-0.05, 0) is 25.7 Å². The molecule has 1 saturated carbocycles. The molecule has 0 amide bonds. The molecule has 0 aromatic carbocycles. The molecule has 1 unspecified atom stereocenters. The third-order valence-corrected chi connectivity index (χ3v) is 3.90. The number of imidazole rings is 1. The van der Waals surface area contributed by atoms with Crippen LogP contribution in [0.1, 0.15) is 25.5 Å². The van der Waals surface area contributed by atoms with Crippen LogP contribution in [0, 0.1) is 5.92 Å². The molecule has 5 nitrogen and oxygen atoms in total. The highest BCUT2D eigenvalue weighted by Crippen LogP contribution is 2.35. The van der Waals surface area contributed by atoms with Crippen molar-refractivity contribution in [3.63, 3.8) is 0 Å².